The Bertz CT molecular complexity index is 7000. The number of ether oxygens (including phenoxy) is 4. The molecule has 0 atom stereocenters. The zero-order valence-electron chi connectivity index (χ0n) is 65.4. The van der Waals surface area contributed by atoms with Crippen LogP contribution >= 0.6 is 22.7 Å². The third-order valence-electron chi connectivity index (χ3n) is 23.4. The highest BCUT2D eigenvalue weighted by atomic mass is 32.1. The van der Waals surface area contributed by atoms with Crippen molar-refractivity contribution in [3.63, 3.8) is 0 Å². The minimum absolute atomic E-state index is 0.0983. The number of hydrogen-bond acceptors (Lipinski definition) is 10. The SMILES string of the molecule is Cc1cc(-c2ccc(N3c4ccccc4Oc4ccccc43)cc2)c2sc3c(-c4ccc(N5c6ccccc6Oc6cc(-c7ccc8c(c7)Oc7ccccc7N8c7ccc(-c8cc(C(C)(C)C)cc9c8sc8c(-c%10ccc(N%11c%12ccccc%12Oc%12ccccc%12%11)cc%10)cc(C(C)(C)C)cc89)cc7)ccc65)cc4)cc(C)cc3c2c1. The molecule has 18 aromatic rings. The number of hydrogen-bond donors (Lipinski definition) is 0. The van der Waals surface area contributed by atoms with E-state index >= 15 is 0 Å². The van der Waals surface area contributed by atoms with E-state index in [9.17, 15) is 0 Å². The van der Waals surface area contributed by atoms with E-state index in [1.54, 1.807) is 0 Å². The van der Waals surface area contributed by atoms with E-state index in [1.807, 2.05) is 77.3 Å². The Morgan fingerprint density at radius 1 is 0.216 bits per heavy atom. The van der Waals surface area contributed by atoms with Gasteiger partial charge in [0, 0.05) is 63.1 Å². The first kappa shape index (κ1) is 69.1. The quantitative estimate of drug-likeness (QED) is 0.142. The van der Waals surface area contributed by atoms with E-state index in [-0.39, 0.29) is 10.8 Å². The Labute approximate surface area is 682 Å². The van der Waals surface area contributed by atoms with Crippen LogP contribution in [0.2, 0.25) is 0 Å². The van der Waals surface area contributed by atoms with Crippen LogP contribution in [-0.2, 0) is 10.8 Å². The van der Waals surface area contributed by atoms with Gasteiger partial charge in [-0.15, -0.1) is 22.7 Å². The molecule has 6 heterocycles. The lowest BCUT2D eigenvalue weighted by Gasteiger charge is -2.34. The molecule has 16 aromatic carbocycles. The van der Waals surface area contributed by atoms with Crippen molar-refractivity contribution in [2.75, 3.05) is 19.6 Å². The summed E-state index contributed by atoms with van der Waals surface area (Å²) in [6.07, 6.45) is 0. The summed E-state index contributed by atoms with van der Waals surface area (Å²) in [6, 6.07) is 119. The van der Waals surface area contributed by atoms with E-state index in [0.717, 1.165) is 131 Å². The molecule has 0 N–H and O–H groups in total. The fourth-order valence-corrected chi connectivity index (χ4v) is 20.2. The van der Waals surface area contributed by atoms with Gasteiger partial charge < -0.3 is 38.5 Å². The summed E-state index contributed by atoms with van der Waals surface area (Å²) in [4.78, 5) is 9.28. The van der Waals surface area contributed by atoms with Crippen LogP contribution in [0.15, 0.2) is 328 Å². The lowest BCUT2D eigenvalue weighted by molar-refractivity contribution is 0.476. The van der Waals surface area contributed by atoms with E-state index < -0.39 is 0 Å². The van der Waals surface area contributed by atoms with E-state index in [0.29, 0.717) is 0 Å². The van der Waals surface area contributed by atoms with Gasteiger partial charge in [-0.25, -0.2) is 0 Å². The molecule has 8 nitrogen and oxygen atoms in total. The fourth-order valence-electron chi connectivity index (χ4n) is 17.5. The van der Waals surface area contributed by atoms with Crippen LogP contribution in [0.5, 0.6) is 46.0 Å². The second-order valence-electron chi connectivity index (χ2n) is 33.0. The molecular formula is C106H78N4O4S2. The van der Waals surface area contributed by atoms with Gasteiger partial charge in [-0.3, -0.25) is 0 Å². The predicted molar refractivity (Wildman–Crippen MR) is 485 cm³/mol. The normalized spacial score (nSPS) is 13.2. The summed E-state index contributed by atoms with van der Waals surface area (Å²) in [5.41, 5.74) is 28.7. The fraction of sp³-hybridized carbons (Fsp3) is 0.0943. The Kier molecular flexibility index (Phi) is 15.8. The highest BCUT2D eigenvalue weighted by Gasteiger charge is 2.33. The molecule has 10 heteroatoms. The molecule has 0 unspecified atom stereocenters. The average molecular weight is 1540 g/mol. The Hall–Kier alpha value is -13.6. The zero-order chi connectivity index (χ0) is 78.0. The average Bonchev–Trinajstić information content (AvgIpc) is 1.50. The summed E-state index contributed by atoms with van der Waals surface area (Å²) in [6.45, 7) is 18.4. The molecular weight excluding hydrogens is 1460 g/mol. The molecule has 0 spiro atoms. The van der Waals surface area contributed by atoms with E-state index in [2.05, 4.69) is 348 Å². The number of thiophene rings is 2. The summed E-state index contributed by atoms with van der Waals surface area (Å²) < 4.78 is 31.7. The Morgan fingerprint density at radius 2 is 0.440 bits per heavy atom. The molecule has 0 amide bonds. The highest BCUT2D eigenvalue weighted by Crippen LogP contribution is 2.58. The Balaban J connectivity index is 0.570. The third kappa shape index (κ3) is 11.4. The number of nitrogens with zero attached hydrogens (tertiary/aromatic N) is 4. The van der Waals surface area contributed by atoms with Crippen molar-refractivity contribution in [1.82, 2.24) is 0 Å². The second kappa shape index (κ2) is 26.5. The topological polar surface area (TPSA) is 49.9 Å². The predicted octanol–water partition coefficient (Wildman–Crippen LogP) is 32.3. The van der Waals surface area contributed by atoms with Crippen LogP contribution in [0.3, 0.4) is 0 Å². The monoisotopic (exact) mass is 1530 g/mol. The van der Waals surface area contributed by atoms with Gasteiger partial charge >= 0.3 is 0 Å². The number of anilines is 12. The lowest BCUT2D eigenvalue weighted by Crippen LogP contribution is -2.16. The first-order chi connectivity index (χ1) is 56.5. The van der Waals surface area contributed by atoms with Gasteiger partial charge in [0.2, 0.25) is 0 Å². The lowest BCUT2D eigenvalue weighted by atomic mass is 9.82. The number of aryl methyl sites for hydroxylation is 2. The summed E-state index contributed by atoms with van der Waals surface area (Å²) in [5.74, 6) is 6.47. The molecule has 22 rings (SSSR count). The highest BCUT2D eigenvalue weighted by molar-refractivity contribution is 7.27. The van der Waals surface area contributed by atoms with Gasteiger partial charge in [0.25, 0.3) is 0 Å². The molecule has 0 saturated heterocycles. The molecule has 0 radical (unpaired) electrons. The largest absolute Gasteiger partial charge is 0.453 e. The third-order valence-corrected chi connectivity index (χ3v) is 25.9. The molecule has 0 fully saturated rings. The minimum atomic E-state index is -0.114. The first-order valence-corrected chi connectivity index (χ1v) is 41.4. The second-order valence-corrected chi connectivity index (χ2v) is 35.0. The van der Waals surface area contributed by atoms with E-state index in [4.69, 9.17) is 18.9 Å². The molecule has 0 saturated carbocycles. The molecule has 4 aliphatic heterocycles. The molecule has 116 heavy (non-hydrogen) atoms. The Morgan fingerprint density at radius 3 is 0.707 bits per heavy atom. The molecule has 2 aromatic heterocycles. The number of rotatable bonds is 9. The maximum atomic E-state index is 6.93. The summed E-state index contributed by atoms with van der Waals surface area (Å²) in [7, 11) is 0. The van der Waals surface area contributed by atoms with Gasteiger partial charge in [0.1, 0.15) is 0 Å². The van der Waals surface area contributed by atoms with Crippen LogP contribution in [-0.4, -0.2) is 0 Å². The van der Waals surface area contributed by atoms with Crippen molar-refractivity contribution in [1.29, 1.82) is 0 Å². The van der Waals surface area contributed by atoms with Gasteiger partial charge in [0.15, 0.2) is 46.0 Å². The van der Waals surface area contributed by atoms with Gasteiger partial charge in [0.05, 0.1) is 45.5 Å². The van der Waals surface area contributed by atoms with Crippen LogP contribution in [0.4, 0.5) is 68.2 Å². The maximum absolute atomic E-state index is 6.93. The molecule has 0 aliphatic carbocycles. The minimum Gasteiger partial charge on any atom is -0.453 e. The smallest absolute Gasteiger partial charge is 0.152 e. The standard InChI is InChI=1S/C106H78N4O4S2/c1-63-53-77(65-33-43-73(44-34-65)107-85-21-9-15-27-93(85)111-94-28-16-10-22-86(94)107)101-81(55-63)82-56-64(2)54-78(102(82)115-101)66-35-45-75(46-36-66)109-89-25-13-19-31-97(89)113-99-57-69(41-51-91(99)109)70-42-52-92-100(58-70)114-98-32-20-14-26-90(98)110(92)76-49-39-68(40-50-76)80-60-72(106(6,7)8)62-84-83-61-71(105(3,4)5)59-79(103(83)116-104(80)84)67-37-47-74(48-38-67)108-87-23-11-17-29-95(87)112-96-30-18-12-24-88(96)108/h9-62H,1-8H3. The molecule has 4 aliphatic rings. The van der Waals surface area contributed by atoms with Crippen LogP contribution < -0.4 is 38.5 Å². The summed E-state index contributed by atoms with van der Waals surface area (Å²) in [5, 5.41) is 5.13. The molecule has 558 valence electrons. The van der Waals surface area contributed by atoms with Gasteiger partial charge in [-0.05, 0) is 297 Å². The van der Waals surface area contributed by atoms with E-state index in [1.165, 1.54) is 102 Å². The van der Waals surface area contributed by atoms with Crippen molar-refractivity contribution < 1.29 is 18.9 Å². The number of fused-ring (bicyclic) bond motifs is 14. The number of para-hydroxylation sites is 12. The van der Waals surface area contributed by atoms with Crippen molar-refractivity contribution in [2.45, 2.75) is 66.2 Å². The van der Waals surface area contributed by atoms with Crippen LogP contribution in [0.1, 0.15) is 63.8 Å². The van der Waals surface area contributed by atoms with Crippen LogP contribution in [0, 0.1) is 13.8 Å². The number of benzene rings is 16. The maximum Gasteiger partial charge on any atom is 0.152 e. The van der Waals surface area contributed by atoms with Crippen molar-refractivity contribution in [3.8, 4) is 102 Å². The van der Waals surface area contributed by atoms with Crippen LogP contribution in [0.25, 0.3) is 96.0 Å². The zero-order valence-corrected chi connectivity index (χ0v) is 67.0. The van der Waals surface area contributed by atoms with Gasteiger partial charge in [-0.1, -0.05) is 175 Å². The van der Waals surface area contributed by atoms with Crippen molar-refractivity contribution in [2.24, 2.45) is 0 Å². The van der Waals surface area contributed by atoms with Gasteiger partial charge in [-0.2, -0.15) is 0 Å². The van der Waals surface area contributed by atoms with Crippen molar-refractivity contribution >= 4 is 131 Å². The summed E-state index contributed by atoms with van der Waals surface area (Å²) >= 11 is 3.80. The molecule has 0 bridgehead atoms. The first-order valence-electron chi connectivity index (χ1n) is 39.7. The van der Waals surface area contributed by atoms with Crippen molar-refractivity contribution in [3.05, 3.63) is 350 Å².